The highest BCUT2D eigenvalue weighted by Crippen LogP contribution is 2.26. The second kappa shape index (κ2) is 8.97. The second-order valence-corrected chi connectivity index (χ2v) is 8.90. The molecule has 0 radical (unpaired) electrons. The van der Waals surface area contributed by atoms with E-state index in [1.165, 1.54) is 17.4 Å². The van der Waals surface area contributed by atoms with Crippen LogP contribution >= 0.6 is 27.3 Å². The van der Waals surface area contributed by atoms with E-state index in [1.54, 1.807) is 23.0 Å². The summed E-state index contributed by atoms with van der Waals surface area (Å²) in [6, 6.07) is 22.1. The summed E-state index contributed by atoms with van der Waals surface area (Å²) >= 11 is 4.94. The van der Waals surface area contributed by atoms with E-state index in [1.807, 2.05) is 66.2 Å². The first kappa shape index (κ1) is 21.0. The molecular weight excluding hydrogens is 502 g/mol. The third kappa shape index (κ3) is 4.41. The van der Waals surface area contributed by atoms with Crippen LogP contribution in [0.4, 0.5) is 11.4 Å². The summed E-state index contributed by atoms with van der Waals surface area (Å²) in [5, 5.41) is 19.0. The number of thiazole rings is 1. The molecule has 3 aromatic carbocycles. The highest BCUT2D eigenvalue weighted by molar-refractivity contribution is 9.10. The van der Waals surface area contributed by atoms with Gasteiger partial charge in [0.25, 0.3) is 5.69 Å². The zero-order valence-electron chi connectivity index (χ0n) is 17.1. The molecular formula is C24H16BrN5O2S. The number of para-hydroxylation sites is 1. The summed E-state index contributed by atoms with van der Waals surface area (Å²) in [5.74, 6) is 0. The van der Waals surface area contributed by atoms with Crippen LogP contribution in [0.2, 0.25) is 0 Å². The number of nitro benzene ring substituents is 1. The average molecular weight is 518 g/mol. The third-order valence-electron chi connectivity index (χ3n) is 5.01. The first-order chi connectivity index (χ1) is 16.1. The lowest BCUT2D eigenvalue weighted by molar-refractivity contribution is -0.384. The van der Waals surface area contributed by atoms with Gasteiger partial charge >= 0.3 is 0 Å². The van der Waals surface area contributed by atoms with Crippen LogP contribution in [0.25, 0.3) is 22.2 Å². The van der Waals surface area contributed by atoms with Crippen molar-refractivity contribution in [1.29, 1.82) is 0 Å². The molecule has 0 saturated carbocycles. The number of H-pyrrole nitrogens is 1. The molecule has 0 bridgehead atoms. The number of benzene rings is 3. The third-order valence-corrected chi connectivity index (χ3v) is 6.32. The molecule has 0 spiro atoms. The molecule has 7 nitrogen and oxygen atoms in total. The van der Waals surface area contributed by atoms with Gasteiger partial charge in [0.05, 0.1) is 22.5 Å². The van der Waals surface area contributed by atoms with Crippen molar-refractivity contribution >= 4 is 55.8 Å². The number of hydrogen-bond acceptors (Lipinski definition) is 5. The number of aromatic amines is 1. The van der Waals surface area contributed by atoms with Crippen LogP contribution in [-0.4, -0.2) is 20.8 Å². The fourth-order valence-electron chi connectivity index (χ4n) is 3.42. The average Bonchev–Trinajstić information content (AvgIpc) is 3.42. The molecule has 2 heterocycles. The Hall–Kier alpha value is -3.82. The number of nitrogens with one attached hydrogen (secondary N) is 1. The second-order valence-electron chi connectivity index (χ2n) is 7.15. The van der Waals surface area contributed by atoms with E-state index in [4.69, 9.17) is 10.1 Å². The molecule has 0 aliphatic rings. The van der Waals surface area contributed by atoms with Crippen LogP contribution in [0.3, 0.4) is 0 Å². The number of non-ortho nitro benzene ring substituents is 1. The SMILES string of the molecule is O=[N+]([O-])c1cccc(-c2csc(=Nc3ccccc3)n2N=Cc2c[nH]c3ccc(Br)cc23)c1. The van der Waals surface area contributed by atoms with Crippen LogP contribution in [-0.2, 0) is 0 Å². The molecule has 33 heavy (non-hydrogen) atoms. The summed E-state index contributed by atoms with van der Waals surface area (Å²) in [7, 11) is 0. The maximum absolute atomic E-state index is 11.3. The molecule has 0 unspecified atom stereocenters. The molecule has 0 amide bonds. The van der Waals surface area contributed by atoms with Gasteiger partial charge < -0.3 is 4.98 Å². The molecule has 0 aliphatic heterocycles. The molecule has 0 fully saturated rings. The van der Waals surface area contributed by atoms with Crippen molar-refractivity contribution in [2.45, 2.75) is 0 Å². The Balaban J connectivity index is 1.66. The Kier molecular flexibility index (Phi) is 5.72. The highest BCUT2D eigenvalue weighted by Gasteiger charge is 2.12. The normalized spacial score (nSPS) is 12.1. The van der Waals surface area contributed by atoms with E-state index in [0.29, 0.717) is 10.4 Å². The van der Waals surface area contributed by atoms with Crippen LogP contribution in [0.5, 0.6) is 0 Å². The molecule has 5 aromatic rings. The molecule has 162 valence electrons. The van der Waals surface area contributed by atoms with Crippen molar-refractivity contribution in [2.24, 2.45) is 10.1 Å². The van der Waals surface area contributed by atoms with Crippen LogP contribution < -0.4 is 4.80 Å². The Morgan fingerprint density at radius 1 is 1.06 bits per heavy atom. The number of nitro groups is 1. The zero-order valence-corrected chi connectivity index (χ0v) is 19.5. The lowest BCUT2D eigenvalue weighted by Gasteiger charge is -2.04. The van der Waals surface area contributed by atoms with Crippen LogP contribution in [0.1, 0.15) is 5.56 Å². The smallest absolute Gasteiger partial charge is 0.270 e. The maximum atomic E-state index is 11.3. The number of hydrogen-bond donors (Lipinski definition) is 1. The fraction of sp³-hybridized carbons (Fsp3) is 0. The van der Waals surface area contributed by atoms with Gasteiger partial charge in [-0.15, -0.1) is 11.3 Å². The summed E-state index contributed by atoms with van der Waals surface area (Å²) < 4.78 is 2.69. The van der Waals surface area contributed by atoms with Gasteiger partial charge in [0.2, 0.25) is 4.80 Å². The molecule has 0 saturated heterocycles. The van der Waals surface area contributed by atoms with E-state index in [-0.39, 0.29) is 5.69 Å². The monoisotopic (exact) mass is 517 g/mol. The number of nitrogens with zero attached hydrogens (tertiary/aromatic N) is 4. The van der Waals surface area contributed by atoms with E-state index < -0.39 is 4.92 Å². The molecule has 2 aromatic heterocycles. The van der Waals surface area contributed by atoms with E-state index >= 15 is 0 Å². The van der Waals surface area contributed by atoms with Crippen molar-refractivity contribution in [3.63, 3.8) is 0 Å². The van der Waals surface area contributed by atoms with Gasteiger partial charge in [-0.2, -0.15) is 5.10 Å². The molecule has 0 aliphatic carbocycles. The Morgan fingerprint density at radius 2 is 1.91 bits per heavy atom. The van der Waals surface area contributed by atoms with Gasteiger partial charge in [0.1, 0.15) is 0 Å². The van der Waals surface area contributed by atoms with Crippen LogP contribution in [0.15, 0.2) is 98.9 Å². The molecule has 0 atom stereocenters. The molecule has 5 rings (SSSR count). The van der Waals surface area contributed by atoms with Crippen molar-refractivity contribution < 1.29 is 4.92 Å². The maximum Gasteiger partial charge on any atom is 0.270 e. The standard InChI is InChI=1S/C24H16BrN5O2S/c25-18-9-10-22-21(12-18)17(13-26-22)14-27-29-23(16-5-4-8-20(11-16)30(31)32)15-33-24(29)28-19-6-2-1-3-7-19/h1-15,26H. The minimum atomic E-state index is -0.400. The zero-order chi connectivity index (χ0) is 22.8. The van der Waals surface area contributed by atoms with E-state index in [2.05, 4.69) is 20.9 Å². The largest absolute Gasteiger partial charge is 0.361 e. The predicted molar refractivity (Wildman–Crippen MR) is 135 cm³/mol. The van der Waals surface area contributed by atoms with Crippen molar-refractivity contribution in [2.75, 3.05) is 0 Å². The van der Waals surface area contributed by atoms with E-state index in [9.17, 15) is 10.1 Å². The van der Waals surface area contributed by atoms with Gasteiger partial charge in [-0.25, -0.2) is 9.67 Å². The lowest BCUT2D eigenvalue weighted by Crippen LogP contribution is -2.11. The lowest BCUT2D eigenvalue weighted by atomic mass is 10.1. The van der Waals surface area contributed by atoms with E-state index in [0.717, 1.165) is 32.3 Å². The van der Waals surface area contributed by atoms with Gasteiger partial charge in [-0.1, -0.05) is 46.3 Å². The number of aromatic nitrogens is 2. The minimum absolute atomic E-state index is 0.0252. The highest BCUT2D eigenvalue weighted by atomic mass is 79.9. The van der Waals surface area contributed by atoms with Crippen molar-refractivity contribution in [3.05, 3.63) is 109 Å². The Bertz CT molecular complexity index is 1570. The van der Waals surface area contributed by atoms with Crippen molar-refractivity contribution in [3.8, 4) is 11.3 Å². The number of halogens is 1. The Labute approximate surface area is 200 Å². The first-order valence-electron chi connectivity index (χ1n) is 9.94. The topological polar surface area (TPSA) is 88.6 Å². The molecule has 9 heteroatoms. The summed E-state index contributed by atoms with van der Waals surface area (Å²) in [6.45, 7) is 0. The van der Waals surface area contributed by atoms with Crippen LogP contribution in [0, 0.1) is 10.1 Å². The number of fused-ring (bicyclic) bond motifs is 1. The summed E-state index contributed by atoms with van der Waals surface area (Å²) in [4.78, 5) is 19.5. The van der Waals surface area contributed by atoms with Gasteiger partial charge in [0.15, 0.2) is 0 Å². The van der Waals surface area contributed by atoms with Crippen molar-refractivity contribution in [1.82, 2.24) is 9.66 Å². The van der Waals surface area contributed by atoms with Gasteiger partial charge in [0, 0.05) is 50.2 Å². The summed E-state index contributed by atoms with van der Waals surface area (Å²) in [6.07, 6.45) is 3.66. The van der Waals surface area contributed by atoms with Gasteiger partial charge in [-0.3, -0.25) is 10.1 Å². The first-order valence-corrected chi connectivity index (χ1v) is 11.6. The Morgan fingerprint density at radius 3 is 2.73 bits per heavy atom. The minimum Gasteiger partial charge on any atom is -0.361 e. The number of rotatable bonds is 5. The summed E-state index contributed by atoms with van der Waals surface area (Å²) in [5.41, 5.74) is 4.15. The quantitative estimate of drug-likeness (QED) is 0.164. The molecule has 1 N–H and O–H groups in total. The van der Waals surface area contributed by atoms with Gasteiger partial charge in [-0.05, 0) is 30.3 Å². The fourth-order valence-corrected chi connectivity index (χ4v) is 4.64. The predicted octanol–water partition coefficient (Wildman–Crippen LogP) is 6.48.